The minimum Gasteiger partial charge on any atom is -0.394 e. The molecule has 4 heterocycles. The summed E-state index contributed by atoms with van der Waals surface area (Å²) in [6, 6.07) is -3.72. The van der Waals surface area contributed by atoms with Gasteiger partial charge in [-0.15, -0.1) is 0 Å². The third kappa shape index (κ3) is 6.73. The fourth-order valence-corrected chi connectivity index (χ4v) is 5.15. The molecule has 3 fully saturated rings. The zero-order valence-electron chi connectivity index (χ0n) is 22.3. The Labute approximate surface area is 234 Å². The summed E-state index contributed by atoms with van der Waals surface area (Å²) >= 11 is 0. The van der Waals surface area contributed by atoms with Crippen LogP contribution in [0.3, 0.4) is 0 Å². The number of rotatable bonds is 10. The van der Waals surface area contributed by atoms with Crippen molar-refractivity contribution in [3.63, 3.8) is 0 Å². The fourth-order valence-electron chi connectivity index (χ4n) is 5.15. The Morgan fingerprint density at radius 3 is 2.00 bits per heavy atom. The molecule has 2 unspecified atom stereocenters. The highest BCUT2D eigenvalue weighted by atomic mass is 16.7. The van der Waals surface area contributed by atoms with Crippen molar-refractivity contribution >= 4 is 0 Å². The predicted octanol–water partition coefficient (Wildman–Crippen LogP) is -6.81. The average Bonchev–Trinajstić information content (AvgIpc) is 3.38. The number of nitrogens with zero attached hydrogens (tertiary/aromatic N) is 1. The second-order valence-corrected chi connectivity index (χ2v) is 10.4. The van der Waals surface area contributed by atoms with Crippen LogP contribution >= 0.6 is 0 Å². The Kier molecular flexibility index (Phi) is 11.0. The lowest BCUT2D eigenvalue weighted by Crippen LogP contribution is -2.70. The van der Waals surface area contributed by atoms with Crippen molar-refractivity contribution in [2.45, 2.75) is 105 Å². The summed E-state index contributed by atoms with van der Waals surface area (Å²) in [4.78, 5) is 7.14. The Morgan fingerprint density at radius 1 is 0.805 bits per heavy atom. The molecule has 3 saturated heterocycles. The lowest BCUT2D eigenvalue weighted by molar-refractivity contribution is -0.350. The van der Waals surface area contributed by atoms with Crippen LogP contribution in [0.5, 0.6) is 0 Å². The summed E-state index contributed by atoms with van der Waals surface area (Å²) in [5.74, 6) is 0. The number of aromatic amines is 1. The van der Waals surface area contributed by atoms with Gasteiger partial charge in [-0.1, -0.05) is 0 Å². The topological polar surface area (TPSA) is 301 Å². The van der Waals surface area contributed by atoms with Crippen LogP contribution in [-0.2, 0) is 30.2 Å². The lowest BCUT2D eigenvalue weighted by atomic mass is 9.94. The van der Waals surface area contributed by atoms with Gasteiger partial charge in [0, 0.05) is 12.2 Å². The molecule has 0 saturated carbocycles. The standard InChI is InChI=1S/C23H41N5O13/c1-7-8(28-6-27-7)2-26-14-18(35)20(40-22-13(25)16(33)15(32)9(3-29)38-22)11(5-31)39-23(14)41-19-10(4-30)37-21(36)12(24)17(19)34/h6,9-23,26,29-36H,2-5,24-25H2,1H3,(H,27,28)/t9-,10-,11-,12-,13-,14-,15-,16-,17-,18-,19?,20?,21-,22+,23+/m1/s1. The molecular formula is C23H41N5O13. The van der Waals surface area contributed by atoms with Gasteiger partial charge < -0.3 is 86.3 Å². The van der Waals surface area contributed by atoms with Gasteiger partial charge in [-0.05, 0) is 6.92 Å². The van der Waals surface area contributed by atoms with Crippen LogP contribution in [0.15, 0.2) is 6.33 Å². The molecule has 1 aromatic heterocycles. The summed E-state index contributed by atoms with van der Waals surface area (Å²) in [6.07, 6.45) is -15.4. The monoisotopic (exact) mass is 595 g/mol. The van der Waals surface area contributed by atoms with E-state index in [1.54, 1.807) is 6.92 Å². The van der Waals surface area contributed by atoms with E-state index < -0.39 is 112 Å². The molecule has 3 aliphatic heterocycles. The summed E-state index contributed by atoms with van der Waals surface area (Å²) < 4.78 is 28.6. The van der Waals surface area contributed by atoms with Crippen molar-refractivity contribution in [1.29, 1.82) is 0 Å². The van der Waals surface area contributed by atoms with Crippen molar-refractivity contribution in [3.05, 3.63) is 17.7 Å². The molecule has 0 aliphatic carbocycles. The molecule has 0 bridgehead atoms. The van der Waals surface area contributed by atoms with Crippen molar-refractivity contribution in [2.24, 2.45) is 11.5 Å². The first-order chi connectivity index (χ1) is 19.5. The number of nitrogens with one attached hydrogen (secondary N) is 2. The van der Waals surface area contributed by atoms with Gasteiger partial charge in [-0.2, -0.15) is 0 Å². The first kappa shape index (κ1) is 32.5. The van der Waals surface area contributed by atoms with E-state index in [-0.39, 0.29) is 6.54 Å². The Bertz CT molecular complexity index is 959. The number of H-pyrrole nitrogens is 1. The van der Waals surface area contributed by atoms with E-state index in [9.17, 15) is 40.9 Å². The van der Waals surface area contributed by atoms with E-state index in [0.29, 0.717) is 5.69 Å². The molecule has 0 aromatic carbocycles. The van der Waals surface area contributed by atoms with E-state index in [1.165, 1.54) is 6.33 Å². The van der Waals surface area contributed by atoms with Gasteiger partial charge in [-0.3, -0.25) is 0 Å². The average molecular weight is 596 g/mol. The third-order valence-electron chi connectivity index (χ3n) is 7.72. The predicted molar refractivity (Wildman–Crippen MR) is 133 cm³/mol. The Morgan fingerprint density at radius 2 is 1.39 bits per heavy atom. The summed E-state index contributed by atoms with van der Waals surface area (Å²) in [7, 11) is 0. The van der Waals surface area contributed by atoms with E-state index in [4.69, 9.17) is 35.2 Å². The van der Waals surface area contributed by atoms with Gasteiger partial charge in [0.15, 0.2) is 18.9 Å². The summed E-state index contributed by atoms with van der Waals surface area (Å²) in [5, 5.41) is 85.1. The van der Waals surface area contributed by atoms with Gasteiger partial charge in [-0.25, -0.2) is 4.98 Å². The number of hydrogen-bond donors (Lipinski definition) is 12. The SMILES string of the molecule is Cc1[nH]cnc1CN[C@H]1[C@H](OC2[C@@H](CO)O[C@@H](O)[C@H](N)[C@H]2O)O[C@H](CO)C(O[C@@H]2O[C@H](CO)[C@@H](O)[C@H](O)[C@H]2N)[C@@H]1O. The van der Waals surface area contributed by atoms with E-state index in [1.807, 2.05) is 0 Å². The van der Waals surface area contributed by atoms with Crippen LogP contribution < -0.4 is 16.8 Å². The normalized spacial score (nSPS) is 45.6. The number of aromatic nitrogens is 2. The zero-order valence-corrected chi connectivity index (χ0v) is 22.3. The smallest absolute Gasteiger partial charge is 0.176 e. The molecule has 0 radical (unpaired) electrons. The number of aliphatic hydroxyl groups is 8. The van der Waals surface area contributed by atoms with Crippen LogP contribution in [0.4, 0.5) is 0 Å². The highest BCUT2D eigenvalue weighted by molar-refractivity contribution is 5.09. The number of imidazole rings is 1. The molecular weight excluding hydrogens is 554 g/mol. The number of aliphatic hydroxyl groups excluding tert-OH is 8. The molecule has 0 spiro atoms. The number of hydrogen-bond acceptors (Lipinski definition) is 17. The maximum atomic E-state index is 11.5. The molecule has 15 atom stereocenters. The second-order valence-electron chi connectivity index (χ2n) is 10.4. The van der Waals surface area contributed by atoms with Gasteiger partial charge in [0.05, 0.1) is 50.0 Å². The minimum atomic E-state index is -1.57. The van der Waals surface area contributed by atoms with Crippen molar-refractivity contribution in [2.75, 3.05) is 19.8 Å². The number of nitrogens with two attached hydrogens (primary N) is 2. The zero-order chi connectivity index (χ0) is 30.0. The summed E-state index contributed by atoms with van der Waals surface area (Å²) in [6.45, 7) is -0.131. The molecule has 41 heavy (non-hydrogen) atoms. The molecule has 1 aromatic rings. The second kappa shape index (κ2) is 13.9. The number of ether oxygens (including phenoxy) is 5. The van der Waals surface area contributed by atoms with Crippen molar-refractivity contribution in [3.8, 4) is 0 Å². The van der Waals surface area contributed by atoms with Gasteiger partial charge in [0.2, 0.25) is 0 Å². The van der Waals surface area contributed by atoms with Crippen molar-refractivity contribution in [1.82, 2.24) is 15.3 Å². The van der Waals surface area contributed by atoms with Gasteiger partial charge in [0.1, 0.15) is 54.9 Å². The van der Waals surface area contributed by atoms with Crippen LogP contribution in [0.1, 0.15) is 11.4 Å². The third-order valence-corrected chi connectivity index (χ3v) is 7.72. The summed E-state index contributed by atoms with van der Waals surface area (Å²) in [5.41, 5.74) is 13.2. The highest BCUT2D eigenvalue weighted by Crippen LogP contribution is 2.32. The molecule has 18 nitrogen and oxygen atoms in total. The maximum Gasteiger partial charge on any atom is 0.176 e. The van der Waals surface area contributed by atoms with Gasteiger partial charge >= 0.3 is 0 Å². The highest BCUT2D eigenvalue weighted by Gasteiger charge is 2.53. The van der Waals surface area contributed by atoms with Crippen LogP contribution in [-0.4, -0.2) is 163 Å². The Balaban J connectivity index is 1.58. The molecule has 4 rings (SSSR count). The van der Waals surface area contributed by atoms with Crippen LogP contribution in [0, 0.1) is 6.92 Å². The fraction of sp³-hybridized carbons (Fsp3) is 0.870. The first-order valence-electron chi connectivity index (χ1n) is 13.3. The van der Waals surface area contributed by atoms with Crippen LogP contribution in [0.2, 0.25) is 0 Å². The molecule has 3 aliphatic rings. The van der Waals surface area contributed by atoms with E-state index >= 15 is 0 Å². The van der Waals surface area contributed by atoms with Crippen molar-refractivity contribution < 1.29 is 64.5 Å². The maximum absolute atomic E-state index is 11.5. The quantitative estimate of drug-likeness (QED) is 0.120. The first-order valence-corrected chi connectivity index (χ1v) is 13.3. The lowest BCUT2D eigenvalue weighted by Gasteiger charge is -2.49. The molecule has 0 amide bonds. The van der Waals surface area contributed by atoms with E-state index in [0.717, 1.165) is 5.69 Å². The largest absolute Gasteiger partial charge is 0.394 e. The molecule has 18 heteroatoms. The minimum absolute atomic E-state index is 0.0963. The van der Waals surface area contributed by atoms with Crippen LogP contribution in [0.25, 0.3) is 0 Å². The van der Waals surface area contributed by atoms with E-state index in [2.05, 4.69) is 15.3 Å². The molecule has 14 N–H and O–H groups in total. The Hall–Kier alpha value is -1.43. The molecule has 236 valence electrons. The van der Waals surface area contributed by atoms with Gasteiger partial charge in [0.25, 0.3) is 0 Å². The number of aryl methyl sites for hydroxylation is 1.